The minimum atomic E-state index is -0.199. The number of carbonyl (C=O) groups excluding carboxylic acids is 1. The highest BCUT2D eigenvalue weighted by Gasteiger charge is 2.17. The van der Waals surface area contributed by atoms with Gasteiger partial charge >= 0.3 is 0 Å². The Morgan fingerprint density at radius 2 is 2.17 bits per heavy atom. The molecule has 1 aromatic heterocycles. The molecule has 2 N–H and O–H groups in total. The number of nitrogens with one attached hydrogen (secondary N) is 2. The van der Waals surface area contributed by atoms with Crippen LogP contribution >= 0.6 is 11.6 Å². The summed E-state index contributed by atoms with van der Waals surface area (Å²) in [4.78, 5) is 11.9. The molecule has 0 saturated heterocycles. The van der Waals surface area contributed by atoms with Gasteiger partial charge in [0, 0.05) is 29.1 Å². The molecule has 0 aliphatic carbocycles. The van der Waals surface area contributed by atoms with Crippen molar-refractivity contribution in [1.82, 2.24) is 10.6 Å². The van der Waals surface area contributed by atoms with Crippen LogP contribution in [-0.4, -0.2) is 26.0 Å². The number of hydrogen-bond donors (Lipinski definition) is 2. The summed E-state index contributed by atoms with van der Waals surface area (Å²) < 4.78 is 5.56. The molecule has 0 unspecified atom stereocenters. The number of hydrogen-bond acceptors (Lipinski definition) is 3. The Hall–Kier alpha value is -1.52. The molecule has 0 aliphatic heterocycles. The van der Waals surface area contributed by atoms with E-state index in [2.05, 4.69) is 10.6 Å². The molecule has 0 atom stereocenters. The number of fused-ring (bicyclic) bond motifs is 1. The zero-order valence-corrected chi connectivity index (χ0v) is 11.1. The molecule has 1 heterocycles. The molecule has 0 aliphatic rings. The molecule has 18 heavy (non-hydrogen) atoms. The van der Waals surface area contributed by atoms with Crippen molar-refractivity contribution < 1.29 is 9.21 Å². The van der Waals surface area contributed by atoms with Crippen LogP contribution in [0.2, 0.25) is 5.02 Å². The molecular formula is C13H15ClN2O2. The van der Waals surface area contributed by atoms with Crippen LogP contribution in [0.3, 0.4) is 0 Å². The van der Waals surface area contributed by atoms with Crippen LogP contribution in [0.5, 0.6) is 0 Å². The van der Waals surface area contributed by atoms with Gasteiger partial charge in [-0.2, -0.15) is 0 Å². The smallest absolute Gasteiger partial charge is 0.287 e. The summed E-state index contributed by atoms with van der Waals surface area (Å²) >= 11 is 5.93. The molecule has 2 aromatic rings. The second-order valence-electron chi connectivity index (χ2n) is 4.06. The second kappa shape index (κ2) is 5.42. The Labute approximate surface area is 110 Å². The summed E-state index contributed by atoms with van der Waals surface area (Å²) in [5.41, 5.74) is 1.49. The first-order valence-electron chi connectivity index (χ1n) is 5.75. The molecule has 1 aromatic carbocycles. The zero-order valence-electron chi connectivity index (χ0n) is 10.3. The van der Waals surface area contributed by atoms with E-state index in [1.807, 2.05) is 14.0 Å². The van der Waals surface area contributed by atoms with Crippen molar-refractivity contribution in [3.8, 4) is 0 Å². The van der Waals surface area contributed by atoms with Crippen molar-refractivity contribution >= 4 is 28.5 Å². The van der Waals surface area contributed by atoms with E-state index >= 15 is 0 Å². The van der Waals surface area contributed by atoms with E-state index < -0.39 is 0 Å². The van der Waals surface area contributed by atoms with Gasteiger partial charge in [0.25, 0.3) is 5.91 Å². The summed E-state index contributed by atoms with van der Waals surface area (Å²) in [6.45, 7) is 3.14. The minimum absolute atomic E-state index is 0.199. The van der Waals surface area contributed by atoms with Crippen LogP contribution in [0, 0.1) is 6.92 Å². The number of benzene rings is 1. The molecule has 2 rings (SSSR count). The van der Waals surface area contributed by atoms with Crippen LogP contribution in [0.1, 0.15) is 16.1 Å². The standard InChI is InChI=1S/C13H15ClN2O2/c1-8-10-7-9(14)3-4-11(10)18-12(8)13(17)16-6-5-15-2/h3-4,7,15H,5-6H2,1-2H3,(H,16,17). The molecule has 0 bridgehead atoms. The van der Waals surface area contributed by atoms with Gasteiger partial charge in [-0.05, 0) is 32.2 Å². The molecule has 0 radical (unpaired) electrons. The number of carbonyl (C=O) groups is 1. The fraction of sp³-hybridized carbons (Fsp3) is 0.308. The molecule has 5 heteroatoms. The first kappa shape index (κ1) is 12.9. The maximum Gasteiger partial charge on any atom is 0.287 e. The molecule has 96 valence electrons. The van der Waals surface area contributed by atoms with Gasteiger partial charge in [-0.15, -0.1) is 0 Å². The summed E-state index contributed by atoms with van der Waals surface area (Å²) in [6, 6.07) is 5.32. The Morgan fingerprint density at radius 3 is 2.89 bits per heavy atom. The number of rotatable bonds is 4. The lowest BCUT2D eigenvalue weighted by Crippen LogP contribution is -2.30. The third-order valence-corrected chi connectivity index (χ3v) is 3.00. The fourth-order valence-corrected chi connectivity index (χ4v) is 1.96. The van der Waals surface area contributed by atoms with E-state index in [9.17, 15) is 4.79 Å². The van der Waals surface area contributed by atoms with Gasteiger partial charge in [-0.25, -0.2) is 0 Å². The van der Waals surface area contributed by atoms with Crippen LogP contribution in [0.25, 0.3) is 11.0 Å². The first-order chi connectivity index (χ1) is 8.63. The van der Waals surface area contributed by atoms with Crippen molar-refractivity contribution in [1.29, 1.82) is 0 Å². The highest BCUT2D eigenvalue weighted by Crippen LogP contribution is 2.27. The largest absolute Gasteiger partial charge is 0.451 e. The molecule has 0 fully saturated rings. The molecule has 4 nitrogen and oxygen atoms in total. The summed E-state index contributed by atoms with van der Waals surface area (Å²) in [5.74, 6) is 0.151. The Balaban J connectivity index is 2.28. The molecule has 0 spiro atoms. The number of furan rings is 1. The third-order valence-electron chi connectivity index (χ3n) is 2.77. The maximum atomic E-state index is 11.9. The summed E-state index contributed by atoms with van der Waals surface area (Å²) in [7, 11) is 1.83. The minimum Gasteiger partial charge on any atom is -0.451 e. The highest BCUT2D eigenvalue weighted by atomic mass is 35.5. The van der Waals surface area contributed by atoms with Crippen LogP contribution < -0.4 is 10.6 Å². The molecular weight excluding hydrogens is 252 g/mol. The van der Waals surface area contributed by atoms with Crippen molar-refractivity contribution in [2.75, 3.05) is 20.1 Å². The monoisotopic (exact) mass is 266 g/mol. The van der Waals surface area contributed by atoms with Crippen molar-refractivity contribution in [2.24, 2.45) is 0 Å². The highest BCUT2D eigenvalue weighted by molar-refractivity contribution is 6.31. The lowest BCUT2D eigenvalue weighted by atomic mass is 10.1. The quantitative estimate of drug-likeness (QED) is 0.836. The van der Waals surface area contributed by atoms with E-state index in [0.717, 1.165) is 17.5 Å². The van der Waals surface area contributed by atoms with Crippen molar-refractivity contribution in [2.45, 2.75) is 6.92 Å². The first-order valence-corrected chi connectivity index (χ1v) is 6.12. The summed E-state index contributed by atoms with van der Waals surface area (Å²) in [6.07, 6.45) is 0. The van der Waals surface area contributed by atoms with Gasteiger partial charge in [0.05, 0.1) is 0 Å². The Kier molecular flexibility index (Phi) is 3.89. The maximum absolute atomic E-state index is 11.9. The van der Waals surface area contributed by atoms with Gasteiger partial charge in [0.15, 0.2) is 5.76 Å². The normalized spacial score (nSPS) is 10.8. The van der Waals surface area contributed by atoms with Crippen molar-refractivity contribution in [3.05, 3.63) is 34.5 Å². The molecule has 1 amide bonds. The SMILES string of the molecule is CNCCNC(=O)c1oc2ccc(Cl)cc2c1C. The average Bonchev–Trinajstić information content (AvgIpc) is 2.67. The van der Waals surface area contributed by atoms with Gasteiger partial charge < -0.3 is 15.1 Å². The summed E-state index contributed by atoms with van der Waals surface area (Å²) in [5, 5.41) is 7.26. The predicted octanol–water partition coefficient (Wildman–Crippen LogP) is 2.34. The van der Waals surface area contributed by atoms with Crippen LogP contribution in [-0.2, 0) is 0 Å². The number of halogens is 1. The van der Waals surface area contributed by atoms with E-state index in [-0.39, 0.29) is 5.91 Å². The van der Waals surface area contributed by atoms with Gasteiger partial charge in [0.1, 0.15) is 5.58 Å². The number of amides is 1. The topological polar surface area (TPSA) is 54.3 Å². The van der Waals surface area contributed by atoms with Gasteiger partial charge in [0.2, 0.25) is 0 Å². The average molecular weight is 267 g/mol. The predicted molar refractivity (Wildman–Crippen MR) is 72.2 cm³/mol. The van der Waals surface area contributed by atoms with E-state index in [4.69, 9.17) is 16.0 Å². The zero-order chi connectivity index (χ0) is 13.1. The lowest BCUT2D eigenvalue weighted by molar-refractivity contribution is 0.0928. The van der Waals surface area contributed by atoms with E-state index in [1.54, 1.807) is 18.2 Å². The second-order valence-corrected chi connectivity index (χ2v) is 4.49. The van der Waals surface area contributed by atoms with Crippen LogP contribution in [0.15, 0.2) is 22.6 Å². The fourth-order valence-electron chi connectivity index (χ4n) is 1.79. The van der Waals surface area contributed by atoms with E-state index in [0.29, 0.717) is 22.9 Å². The van der Waals surface area contributed by atoms with Crippen molar-refractivity contribution in [3.63, 3.8) is 0 Å². The number of aryl methyl sites for hydroxylation is 1. The molecule has 0 saturated carbocycles. The third kappa shape index (κ3) is 2.49. The Bertz CT molecular complexity index is 578. The number of likely N-dealkylation sites (N-methyl/N-ethyl adjacent to an activating group) is 1. The van der Waals surface area contributed by atoms with Gasteiger partial charge in [-0.3, -0.25) is 4.79 Å². The van der Waals surface area contributed by atoms with E-state index in [1.165, 1.54) is 0 Å². The van der Waals surface area contributed by atoms with Gasteiger partial charge in [-0.1, -0.05) is 11.6 Å². The lowest BCUT2D eigenvalue weighted by Gasteiger charge is -2.02. The Morgan fingerprint density at radius 1 is 1.39 bits per heavy atom. The van der Waals surface area contributed by atoms with Crippen LogP contribution in [0.4, 0.5) is 0 Å².